The van der Waals surface area contributed by atoms with Crippen LogP contribution in [0.3, 0.4) is 0 Å². The summed E-state index contributed by atoms with van der Waals surface area (Å²) in [6.45, 7) is 6.56. The predicted molar refractivity (Wildman–Crippen MR) is 126 cm³/mol. The van der Waals surface area contributed by atoms with E-state index in [4.69, 9.17) is 9.47 Å². The third-order valence-corrected chi connectivity index (χ3v) is 5.33. The van der Waals surface area contributed by atoms with Crippen LogP contribution in [-0.2, 0) is 6.42 Å². The Hall–Kier alpha value is -2.94. The van der Waals surface area contributed by atoms with E-state index in [2.05, 4.69) is 73.8 Å². The lowest BCUT2D eigenvalue weighted by Crippen LogP contribution is -2.12. The van der Waals surface area contributed by atoms with Crippen LogP contribution in [0.1, 0.15) is 43.7 Å². The van der Waals surface area contributed by atoms with Gasteiger partial charge < -0.3 is 14.8 Å². The Morgan fingerprint density at radius 1 is 0.800 bits per heavy atom. The Labute approximate surface area is 181 Å². The van der Waals surface area contributed by atoms with Gasteiger partial charge in [0, 0.05) is 12.2 Å². The molecule has 1 N–H and O–H groups in total. The standard InChI is InChI=1S/C27H33NO2/c1-3-22(2)26-13-7-8-14-27(26)30-21-19-28-24-15-17-25(18-16-24)29-20-9-12-23-10-5-4-6-11-23/h4-8,10-11,13-18,22,28H,3,9,12,19-21H2,1-2H3. The van der Waals surface area contributed by atoms with Crippen LogP contribution >= 0.6 is 0 Å². The van der Waals surface area contributed by atoms with Crippen LogP contribution in [0.5, 0.6) is 11.5 Å². The van der Waals surface area contributed by atoms with Gasteiger partial charge >= 0.3 is 0 Å². The van der Waals surface area contributed by atoms with Gasteiger partial charge in [-0.3, -0.25) is 0 Å². The number of aryl methyl sites for hydroxylation is 1. The minimum absolute atomic E-state index is 0.509. The monoisotopic (exact) mass is 403 g/mol. The maximum atomic E-state index is 6.02. The first-order valence-corrected chi connectivity index (χ1v) is 11.0. The lowest BCUT2D eigenvalue weighted by Gasteiger charge is -2.16. The number of anilines is 1. The highest BCUT2D eigenvalue weighted by Crippen LogP contribution is 2.28. The molecule has 3 aromatic carbocycles. The minimum Gasteiger partial charge on any atom is -0.494 e. The van der Waals surface area contributed by atoms with Crippen LogP contribution in [-0.4, -0.2) is 19.8 Å². The highest BCUT2D eigenvalue weighted by atomic mass is 16.5. The average Bonchev–Trinajstić information content (AvgIpc) is 2.81. The van der Waals surface area contributed by atoms with Crippen molar-refractivity contribution >= 4 is 5.69 Å². The molecule has 0 aliphatic carbocycles. The second-order valence-corrected chi connectivity index (χ2v) is 7.58. The van der Waals surface area contributed by atoms with Gasteiger partial charge in [-0.15, -0.1) is 0 Å². The zero-order valence-corrected chi connectivity index (χ0v) is 18.1. The first-order chi connectivity index (χ1) is 14.8. The molecule has 30 heavy (non-hydrogen) atoms. The molecular formula is C27H33NO2. The molecule has 0 fully saturated rings. The second kappa shape index (κ2) is 11.9. The van der Waals surface area contributed by atoms with Gasteiger partial charge in [-0.1, -0.05) is 62.4 Å². The van der Waals surface area contributed by atoms with Gasteiger partial charge in [0.25, 0.3) is 0 Å². The maximum absolute atomic E-state index is 6.02. The predicted octanol–water partition coefficient (Wildman–Crippen LogP) is 6.70. The van der Waals surface area contributed by atoms with Gasteiger partial charge in [0.2, 0.25) is 0 Å². The number of para-hydroxylation sites is 1. The van der Waals surface area contributed by atoms with E-state index in [1.54, 1.807) is 0 Å². The van der Waals surface area contributed by atoms with Crippen molar-refractivity contribution in [1.82, 2.24) is 0 Å². The van der Waals surface area contributed by atoms with Gasteiger partial charge in [0.15, 0.2) is 0 Å². The molecule has 1 atom stereocenters. The van der Waals surface area contributed by atoms with E-state index >= 15 is 0 Å². The lowest BCUT2D eigenvalue weighted by atomic mass is 9.98. The highest BCUT2D eigenvalue weighted by molar-refractivity contribution is 5.46. The van der Waals surface area contributed by atoms with Gasteiger partial charge in [0.1, 0.15) is 18.1 Å². The molecule has 3 heteroatoms. The zero-order chi connectivity index (χ0) is 21.0. The molecule has 3 rings (SSSR count). The molecular weight excluding hydrogens is 370 g/mol. The van der Waals surface area contributed by atoms with E-state index < -0.39 is 0 Å². The van der Waals surface area contributed by atoms with E-state index in [0.717, 1.165) is 49.6 Å². The summed E-state index contributed by atoms with van der Waals surface area (Å²) in [5.74, 6) is 2.41. The van der Waals surface area contributed by atoms with Crippen molar-refractivity contribution in [2.45, 2.75) is 39.0 Å². The summed E-state index contributed by atoms with van der Waals surface area (Å²) in [7, 11) is 0. The van der Waals surface area contributed by atoms with E-state index in [1.807, 2.05) is 24.3 Å². The summed E-state index contributed by atoms with van der Waals surface area (Å²) in [4.78, 5) is 0. The fourth-order valence-electron chi connectivity index (χ4n) is 3.38. The molecule has 3 nitrogen and oxygen atoms in total. The fourth-order valence-corrected chi connectivity index (χ4v) is 3.38. The topological polar surface area (TPSA) is 30.5 Å². The van der Waals surface area contributed by atoms with E-state index in [-0.39, 0.29) is 0 Å². The van der Waals surface area contributed by atoms with Crippen molar-refractivity contribution in [2.75, 3.05) is 25.1 Å². The molecule has 0 amide bonds. The normalized spacial score (nSPS) is 11.7. The lowest BCUT2D eigenvalue weighted by molar-refractivity contribution is 0.311. The molecule has 1 unspecified atom stereocenters. The molecule has 0 saturated heterocycles. The summed E-state index contributed by atoms with van der Waals surface area (Å²) in [5.41, 5.74) is 3.72. The molecule has 0 saturated carbocycles. The number of hydrogen-bond donors (Lipinski definition) is 1. The average molecular weight is 404 g/mol. The third-order valence-electron chi connectivity index (χ3n) is 5.33. The molecule has 0 aliphatic rings. The number of benzene rings is 3. The minimum atomic E-state index is 0.509. The summed E-state index contributed by atoms with van der Waals surface area (Å²) in [6, 6.07) is 27.0. The number of nitrogens with one attached hydrogen (secondary N) is 1. The molecule has 0 radical (unpaired) electrons. The van der Waals surface area contributed by atoms with Gasteiger partial charge in [0.05, 0.1) is 6.61 Å². The largest absolute Gasteiger partial charge is 0.494 e. The summed E-state index contributed by atoms with van der Waals surface area (Å²) >= 11 is 0. The third kappa shape index (κ3) is 6.84. The Kier molecular flexibility index (Phi) is 8.64. The molecule has 0 aliphatic heterocycles. The number of hydrogen-bond acceptors (Lipinski definition) is 3. The Morgan fingerprint density at radius 3 is 2.30 bits per heavy atom. The first kappa shape index (κ1) is 21.8. The van der Waals surface area contributed by atoms with Crippen molar-refractivity contribution in [3.8, 4) is 11.5 Å². The Balaban J connectivity index is 1.36. The van der Waals surface area contributed by atoms with Crippen LogP contribution in [0.2, 0.25) is 0 Å². The molecule has 0 aromatic heterocycles. The molecule has 0 bridgehead atoms. The quantitative estimate of drug-likeness (QED) is 0.341. The van der Waals surface area contributed by atoms with E-state index in [9.17, 15) is 0 Å². The van der Waals surface area contributed by atoms with Gasteiger partial charge in [-0.2, -0.15) is 0 Å². The van der Waals surface area contributed by atoms with Crippen LogP contribution in [0.4, 0.5) is 5.69 Å². The van der Waals surface area contributed by atoms with Crippen LogP contribution < -0.4 is 14.8 Å². The van der Waals surface area contributed by atoms with Crippen molar-refractivity contribution < 1.29 is 9.47 Å². The van der Waals surface area contributed by atoms with Gasteiger partial charge in [-0.05, 0) is 66.6 Å². The molecule has 0 heterocycles. The van der Waals surface area contributed by atoms with Crippen molar-refractivity contribution in [1.29, 1.82) is 0 Å². The number of rotatable bonds is 12. The van der Waals surface area contributed by atoms with Gasteiger partial charge in [-0.25, -0.2) is 0 Å². The summed E-state index contributed by atoms with van der Waals surface area (Å²) < 4.78 is 11.9. The fraction of sp³-hybridized carbons (Fsp3) is 0.333. The molecule has 158 valence electrons. The Bertz CT molecular complexity index is 862. The van der Waals surface area contributed by atoms with Crippen molar-refractivity contribution in [2.24, 2.45) is 0 Å². The Morgan fingerprint density at radius 2 is 1.53 bits per heavy atom. The second-order valence-electron chi connectivity index (χ2n) is 7.58. The maximum Gasteiger partial charge on any atom is 0.122 e. The van der Waals surface area contributed by atoms with Crippen molar-refractivity contribution in [3.05, 3.63) is 90.0 Å². The van der Waals surface area contributed by atoms with Crippen molar-refractivity contribution in [3.63, 3.8) is 0 Å². The van der Waals surface area contributed by atoms with Crippen LogP contribution in [0, 0.1) is 0 Å². The van der Waals surface area contributed by atoms with E-state index in [0.29, 0.717) is 12.5 Å². The first-order valence-electron chi connectivity index (χ1n) is 11.0. The molecule has 0 spiro atoms. The molecule has 3 aromatic rings. The highest BCUT2D eigenvalue weighted by Gasteiger charge is 2.09. The van der Waals surface area contributed by atoms with Crippen LogP contribution in [0.25, 0.3) is 0 Å². The van der Waals surface area contributed by atoms with Crippen LogP contribution in [0.15, 0.2) is 78.9 Å². The summed E-state index contributed by atoms with van der Waals surface area (Å²) in [6.07, 6.45) is 3.17. The number of ether oxygens (including phenoxy) is 2. The zero-order valence-electron chi connectivity index (χ0n) is 18.1. The smallest absolute Gasteiger partial charge is 0.122 e. The SMILES string of the molecule is CCC(C)c1ccccc1OCCNc1ccc(OCCCc2ccccc2)cc1. The van der Waals surface area contributed by atoms with E-state index in [1.165, 1.54) is 11.1 Å². The summed E-state index contributed by atoms with van der Waals surface area (Å²) in [5, 5.41) is 3.41.